The molecule has 78 heavy (non-hydrogen) atoms. The first-order valence-corrected chi connectivity index (χ1v) is 35.3. The summed E-state index contributed by atoms with van der Waals surface area (Å²) in [6, 6.07) is 0. The van der Waals surface area contributed by atoms with Crippen molar-refractivity contribution in [3.05, 3.63) is 24.3 Å². The summed E-state index contributed by atoms with van der Waals surface area (Å²) >= 11 is 0. The largest absolute Gasteiger partial charge is 0.462 e. The number of rotatable bonds is 66. The molecule has 0 saturated heterocycles. The third kappa shape index (κ3) is 64.7. The molecule has 0 aromatic carbocycles. The average molecular weight is 1100 g/mol. The molecule has 0 heterocycles. The number of esters is 3. The molecule has 6 nitrogen and oxygen atoms in total. The van der Waals surface area contributed by atoms with Gasteiger partial charge in [0.25, 0.3) is 0 Å². The maximum atomic E-state index is 12.8. The van der Waals surface area contributed by atoms with Gasteiger partial charge in [-0.05, 0) is 51.4 Å². The predicted molar refractivity (Wildman–Crippen MR) is 340 cm³/mol. The monoisotopic (exact) mass is 1100 g/mol. The molecular weight excluding hydrogens is 961 g/mol. The minimum absolute atomic E-state index is 0.0672. The Balaban J connectivity index is 3.89. The first-order valence-electron chi connectivity index (χ1n) is 35.3. The Morgan fingerprint density at radius 1 is 0.256 bits per heavy atom. The highest BCUT2D eigenvalue weighted by Gasteiger charge is 2.19. The maximum Gasteiger partial charge on any atom is 0.306 e. The average Bonchev–Trinajstić information content (AvgIpc) is 3.44. The van der Waals surface area contributed by atoms with Crippen LogP contribution in [0.25, 0.3) is 0 Å². The Morgan fingerprint density at radius 2 is 0.462 bits per heavy atom. The Morgan fingerprint density at radius 3 is 0.705 bits per heavy atom. The van der Waals surface area contributed by atoms with Crippen molar-refractivity contribution in [1.29, 1.82) is 0 Å². The minimum atomic E-state index is -0.767. The third-order valence-electron chi connectivity index (χ3n) is 16.2. The van der Waals surface area contributed by atoms with Crippen LogP contribution in [0.1, 0.15) is 400 Å². The van der Waals surface area contributed by atoms with Crippen LogP contribution in [0.3, 0.4) is 0 Å². The SMILES string of the molecule is CCCCCCC/C=C\C/C=C\CCCCCCCCCCCCCC(=O)OC(COC(=O)CCCCCCC)COC(=O)CCCCCCCCCCCCCCCCCCCCCCCCCCCCCCCCCC. The van der Waals surface area contributed by atoms with E-state index in [2.05, 4.69) is 45.1 Å². The third-order valence-corrected chi connectivity index (χ3v) is 16.2. The van der Waals surface area contributed by atoms with Crippen molar-refractivity contribution in [2.75, 3.05) is 13.2 Å². The summed E-state index contributed by atoms with van der Waals surface area (Å²) in [6.45, 7) is 6.62. The second kappa shape index (κ2) is 67.4. The van der Waals surface area contributed by atoms with Crippen molar-refractivity contribution in [2.24, 2.45) is 0 Å². The molecule has 0 spiro atoms. The van der Waals surface area contributed by atoms with E-state index in [1.165, 1.54) is 289 Å². The minimum Gasteiger partial charge on any atom is -0.462 e. The molecule has 0 aliphatic carbocycles. The highest BCUT2D eigenvalue weighted by molar-refractivity contribution is 5.71. The standard InChI is InChI=1S/C72H136O6/c1-4-7-10-13-15-17-19-21-23-25-27-29-31-32-33-34-35-36-37-38-39-41-42-44-46-48-50-52-54-56-59-62-65-71(74)77-68-69(67-76-70(73)64-61-58-12-9-6-3)78-72(75)66-63-60-57-55-53-51-49-47-45-43-40-30-28-26-24-22-20-18-16-14-11-8-5-2/h20,22,26,28,69H,4-19,21,23-25,27,29-68H2,1-3H3/b22-20-,28-26-. The molecule has 0 saturated carbocycles. The number of carbonyl (C=O) groups excluding carboxylic acids is 3. The van der Waals surface area contributed by atoms with Crippen LogP contribution in [0.2, 0.25) is 0 Å². The predicted octanol–water partition coefficient (Wildman–Crippen LogP) is 24.2. The van der Waals surface area contributed by atoms with Crippen molar-refractivity contribution in [1.82, 2.24) is 0 Å². The Hall–Kier alpha value is -2.11. The lowest BCUT2D eigenvalue weighted by molar-refractivity contribution is -0.167. The van der Waals surface area contributed by atoms with Crippen LogP contribution in [0.15, 0.2) is 24.3 Å². The van der Waals surface area contributed by atoms with Gasteiger partial charge in [0.05, 0.1) is 0 Å². The number of ether oxygens (including phenoxy) is 3. The fraction of sp³-hybridized carbons (Fsp3) is 0.903. The van der Waals surface area contributed by atoms with Crippen LogP contribution in [0.4, 0.5) is 0 Å². The molecule has 0 amide bonds. The molecule has 6 heteroatoms. The number of hydrogen-bond donors (Lipinski definition) is 0. The zero-order valence-corrected chi connectivity index (χ0v) is 53.0. The molecular formula is C72H136O6. The smallest absolute Gasteiger partial charge is 0.306 e. The lowest BCUT2D eigenvalue weighted by atomic mass is 10.0. The van der Waals surface area contributed by atoms with E-state index >= 15 is 0 Å². The normalized spacial score (nSPS) is 12.1. The van der Waals surface area contributed by atoms with E-state index in [4.69, 9.17) is 14.2 Å². The maximum absolute atomic E-state index is 12.8. The molecule has 1 unspecified atom stereocenters. The van der Waals surface area contributed by atoms with Gasteiger partial charge in [-0.25, -0.2) is 0 Å². The second-order valence-electron chi connectivity index (χ2n) is 24.2. The van der Waals surface area contributed by atoms with E-state index in [1.807, 2.05) is 0 Å². The van der Waals surface area contributed by atoms with Crippen molar-refractivity contribution < 1.29 is 28.6 Å². The Labute approximate surface area is 487 Å². The fourth-order valence-electron chi connectivity index (χ4n) is 10.9. The van der Waals surface area contributed by atoms with Crippen LogP contribution < -0.4 is 0 Å². The van der Waals surface area contributed by atoms with E-state index in [-0.39, 0.29) is 31.1 Å². The summed E-state index contributed by atoms with van der Waals surface area (Å²) in [6.07, 6.45) is 82.8. The zero-order valence-electron chi connectivity index (χ0n) is 53.0. The molecule has 1 atom stereocenters. The molecule has 0 aliphatic rings. The van der Waals surface area contributed by atoms with Gasteiger partial charge in [-0.2, -0.15) is 0 Å². The van der Waals surface area contributed by atoms with Crippen molar-refractivity contribution >= 4 is 17.9 Å². The van der Waals surface area contributed by atoms with Crippen LogP contribution in [0.5, 0.6) is 0 Å². The lowest BCUT2D eigenvalue weighted by Crippen LogP contribution is -2.30. The topological polar surface area (TPSA) is 78.9 Å². The molecule has 0 N–H and O–H groups in total. The van der Waals surface area contributed by atoms with Crippen molar-refractivity contribution in [2.45, 2.75) is 406 Å². The molecule has 0 aromatic heterocycles. The van der Waals surface area contributed by atoms with Crippen LogP contribution in [-0.4, -0.2) is 37.2 Å². The number of allylic oxidation sites excluding steroid dienone is 4. The van der Waals surface area contributed by atoms with Gasteiger partial charge in [-0.15, -0.1) is 0 Å². The number of carbonyl (C=O) groups is 3. The molecule has 0 aromatic rings. The Bertz CT molecular complexity index is 1260. The summed E-state index contributed by atoms with van der Waals surface area (Å²) in [5, 5.41) is 0. The van der Waals surface area contributed by atoms with E-state index < -0.39 is 6.10 Å². The van der Waals surface area contributed by atoms with E-state index in [0.717, 1.165) is 70.6 Å². The van der Waals surface area contributed by atoms with Gasteiger partial charge < -0.3 is 14.2 Å². The first-order chi connectivity index (χ1) is 38.5. The van der Waals surface area contributed by atoms with E-state index in [0.29, 0.717) is 19.3 Å². The van der Waals surface area contributed by atoms with Crippen LogP contribution >= 0.6 is 0 Å². The van der Waals surface area contributed by atoms with E-state index in [9.17, 15) is 14.4 Å². The number of unbranched alkanes of at least 4 members (excludes halogenated alkanes) is 51. The van der Waals surface area contributed by atoms with Gasteiger partial charge in [0, 0.05) is 19.3 Å². The van der Waals surface area contributed by atoms with E-state index in [1.54, 1.807) is 0 Å². The Kier molecular flexibility index (Phi) is 65.6. The van der Waals surface area contributed by atoms with Gasteiger partial charge in [0.2, 0.25) is 0 Å². The van der Waals surface area contributed by atoms with Crippen molar-refractivity contribution in [3.8, 4) is 0 Å². The van der Waals surface area contributed by atoms with Crippen LogP contribution in [-0.2, 0) is 28.6 Å². The molecule has 460 valence electrons. The quantitative estimate of drug-likeness (QED) is 0.0261. The molecule has 0 rings (SSSR count). The summed E-state index contributed by atoms with van der Waals surface area (Å²) in [5.74, 6) is -0.858. The second-order valence-corrected chi connectivity index (χ2v) is 24.2. The van der Waals surface area contributed by atoms with Gasteiger partial charge in [0.1, 0.15) is 13.2 Å². The summed E-state index contributed by atoms with van der Waals surface area (Å²) in [4.78, 5) is 38.0. The first kappa shape index (κ1) is 75.9. The molecule has 0 aliphatic heterocycles. The van der Waals surface area contributed by atoms with Gasteiger partial charge >= 0.3 is 17.9 Å². The summed E-state index contributed by atoms with van der Waals surface area (Å²) < 4.78 is 16.8. The molecule has 0 fully saturated rings. The highest BCUT2D eigenvalue weighted by atomic mass is 16.6. The van der Waals surface area contributed by atoms with Gasteiger partial charge in [-0.3, -0.25) is 14.4 Å². The molecule has 0 radical (unpaired) electrons. The number of hydrogen-bond acceptors (Lipinski definition) is 6. The fourth-order valence-corrected chi connectivity index (χ4v) is 10.9. The lowest BCUT2D eigenvalue weighted by Gasteiger charge is -2.18. The highest BCUT2D eigenvalue weighted by Crippen LogP contribution is 2.19. The van der Waals surface area contributed by atoms with Crippen LogP contribution in [0, 0.1) is 0 Å². The van der Waals surface area contributed by atoms with Crippen molar-refractivity contribution in [3.63, 3.8) is 0 Å². The van der Waals surface area contributed by atoms with Gasteiger partial charge in [0.15, 0.2) is 6.10 Å². The summed E-state index contributed by atoms with van der Waals surface area (Å²) in [7, 11) is 0. The summed E-state index contributed by atoms with van der Waals surface area (Å²) in [5.41, 5.74) is 0. The zero-order chi connectivity index (χ0) is 56.4. The molecule has 0 bridgehead atoms. The van der Waals surface area contributed by atoms with Gasteiger partial charge in [-0.1, -0.05) is 353 Å².